The molecular weight excluding hydrogens is 298 g/mol. The Labute approximate surface area is 140 Å². The summed E-state index contributed by atoms with van der Waals surface area (Å²) < 4.78 is 0. The summed E-state index contributed by atoms with van der Waals surface area (Å²) >= 11 is 0. The quantitative estimate of drug-likeness (QED) is 0.435. The Hall–Kier alpha value is -3.34. The van der Waals surface area contributed by atoms with Crippen LogP contribution in [0.5, 0.6) is 0 Å². The fraction of sp³-hybridized carbons (Fsp3) is 0.0526. The molecule has 5 nitrogen and oxygen atoms in total. The Morgan fingerprint density at radius 1 is 1.12 bits per heavy atom. The second-order valence-corrected chi connectivity index (χ2v) is 5.53. The molecule has 0 aliphatic carbocycles. The van der Waals surface area contributed by atoms with Crippen LogP contribution in [0.1, 0.15) is 23.7 Å². The minimum atomic E-state index is 0.349. The van der Waals surface area contributed by atoms with Crippen molar-refractivity contribution < 1.29 is 0 Å². The molecule has 0 atom stereocenters. The lowest BCUT2D eigenvalue weighted by Gasteiger charge is -2.10. The van der Waals surface area contributed by atoms with Gasteiger partial charge >= 0.3 is 0 Å². The number of benzene rings is 1. The summed E-state index contributed by atoms with van der Waals surface area (Å²) in [6.07, 6.45) is 9.15. The van der Waals surface area contributed by atoms with Crippen LogP contribution in [0.2, 0.25) is 0 Å². The number of H-pyrrole nitrogens is 1. The maximum Gasteiger partial charge on any atom is 0.0868 e. The molecule has 24 heavy (non-hydrogen) atoms. The van der Waals surface area contributed by atoms with Crippen LogP contribution in [0.15, 0.2) is 55.0 Å². The van der Waals surface area contributed by atoms with Crippen molar-refractivity contribution in [3.8, 4) is 11.1 Å². The molecule has 0 bridgehead atoms. The van der Waals surface area contributed by atoms with Gasteiger partial charge in [-0.15, -0.1) is 0 Å². The molecule has 0 aliphatic heterocycles. The summed E-state index contributed by atoms with van der Waals surface area (Å²) in [6, 6.07) is 9.38. The minimum Gasteiger partial charge on any atom is -0.398 e. The van der Waals surface area contributed by atoms with E-state index in [1.165, 1.54) is 0 Å². The number of rotatable bonds is 4. The highest BCUT2D eigenvalue weighted by Gasteiger charge is 2.12. The molecule has 1 aromatic carbocycles. The van der Waals surface area contributed by atoms with E-state index < -0.39 is 0 Å². The van der Waals surface area contributed by atoms with Gasteiger partial charge in [-0.3, -0.25) is 10.4 Å². The Kier molecular flexibility index (Phi) is 4.16. The second kappa shape index (κ2) is 6.42. The van der Waals surface area contributed by atoms with Gasteiger partial charge in [-0.2, -0.15) is 0 Å². The van der Waals surface area contributed by atoms with E-state index >= 15 is 0 Å². The third-order valence-electron chi connectivity index (χ3n) is 3.75. The number of hydrogen-bond acceptors (Lipinski definition) is 4. The van der Waals surface area contributed by atoms with E-state index in [1.54, 1.807) is 18.5 Å². The monoisotopic (exact) mass is 317 g/mol. The van der Waals surface area contributed by atoms with Crippen LogP contribution in [-0.2, 0) is 0 Å². The first-order valence-electron chi connectivity index (χ1n) is 7.59. The fourth-order valence-electron chi connectivity index (χ4n) is 2.56. The third kappa shape index (κ3) is 3.05. The number of nitrogen functional groups attached to an aromatic ring is 2. The average molecular weight is 317 g/mol. The first-order chi connectivity index (χ1) is 11.6. The Balaban J connectivity index is 2.00. The molecule has 2 aromatic heterocycles. The lowest BCUT2D eigenvalue weighted by atomic mass is 9.99. The van der Waals surface area contributed by atoms with Crippen molar-refractivity contribution in [2.24, 2.45) is 0 Å². The second-order valence-electron chi connectivity index (χ2n) is 5.53. The summed E-state index contributed by atoms with van der Waals surface area (Å²) in [5.74, 6) is 0. The predicted molar refractivity (Wildman–Crippen MR) is 99.9 cm³/mol. The molecule has 6 N–H and O–H groups in total. The van der Waals surface area contributed by atoms with Crippen molar-refractivity contribution in [2.75, 3.05) is 11.5 Å². The topological polar surface area (TPSA) is 105 Å². The van der Waals surface area contributed by atoms with E-state index in [0.29, 0.717) is 22.6 Å². The molecule has 0 radical (unpaired) electrons. The summed E-state index contributed by atoms with van der Waals surface area (Å²) in [5.41, 5.74) is 17.6. The van der Waals surface area contributed by atoms with Crippen molar-refractivity contribution in [3.05, 3.63) is 71.8 Å². The molecule has 0 saturated heterocycles. The Bertz CT molecular complexity index is 921. The zero-order valence-electron chi connectivity index (χ0n) is 13.4. The SMILES string of the molecule is C/C=C\c1c[nH]c(C(=N)c2cc(-c3cncc(N)c3)ccc2N)c1. The number of anilines is 2. The van der Waals surface area contributed by atoms with E-state index in [0.717, 1.165) is 22.4 Å². The van der Waals surface area contributed by atoms with Crippen molar-refractivity contribution >= 4 is 23.2 Å². The molecule has 120 valence electrons. The van der Waals surface area contributed by atoms with Crippen molar-refractivity contribution in [1.29, 1.82) is 5.41 Å². The van der Waals surface area contributed by atoms with Gasteiger partial charge in [0.1, 0.15) is 0 Å². The Morgan fingerprint density at radius 2 is 1.96 bits per heavy atom. The van der Waals surface area contributed by atoms with Gasteiger partial charge in [0.25, 0.3) is 0 Å². The summed E-state index contributed by atoms with van der Waals surface area (Å²) in [7, 11) is 0. The lowest BCUT2D eigenvalue weighted by molar-refractivity contribution is 1.32. The number of pyridine rings is 1. The summed E-state index contributed by atoms with van der Waals surface area (Å²) in [4.78, 5) is 7.24. The summed E-state index contributed by atoms with van der Waals surface area (Å²) in [6.45, 7) is 1.96. The van der Waals surface area contributed by atoms with Gasteiger partial charge in [0, 0.05) is 35.4 Å². The van der Waals surface area contributed by atoms with Gasteiger partial charge in [-0.25, -0.2) is 0 Å². The largest absolute Gasteiger partial charge is 0.398 e. The molecule has 5 heteroatoms. The molecule has 3 rings (SSSR count). The number of aromatic nitrogens is 2. The molecule has 0 unspecified atom stereocenters. The molecule has 0 amide bonds. The third-order valence-corrected chi connectivity index (χ3v) is 3.75. The first kappa shape index (κ1) is 15.6. The van der Waals surface area contributed by atoms with Crippen LogP contribution in [0.25, 0.3) is 17.2 Å². The van der Waals surface area contributed by atoms with Gasteiger partial charge in [-0.05, 0) is 42.3 Å². The molecule has 3 aromatic rings. The zero-order chi connectivity index (χ0) is 17.1. The maximum atomic E-state index is 8.48. The van der Waals surface area contributed by atoms with Crippen molar-refractivity contribution in [3.63, 3.8) is 0 Å². The van der Waals surface area contributed by atoms with Gasteiger partial charge in [0.15, 0.2) is 0 Å². The van der Waals surface area contributed by atoms with E-state index in [9.17, 15) is 0 Å². The normalized spacial score (nSPS) is 11.0. The lowest BCUT2D eigenvalue weighted by Crippen LogP contribution is -2.06. The van der Waals surface area contributed by atoms with E-state index in [1.807, 2.05) is 49.5 Å². The van der Waals surface area contributed by atoms with Gasteiger partial charge < -0.3 is 16.5 Å². The molecule has 0 saturated carbocycles. The van der Waals surface area contributed by atoms with Crippen LogP contribution < -0.4 is 11.5 Å². The smallest absolute Gasteiger partial charge is 0.0868 e. The average Bonchev–Trinajstić information content (AvgIpc) is 3.04. The standard InChI is InChI=1S/C19H19N5/c1-2-3-12-6-18(24-9-12)19(22)16-8-13(4-5-17(16)21)14-7-15(20)11-23-10-14/h2-11,22,24H,20-21H2,1H3/b3-2-,22-19?. The highest BCUT2D eigenvalue weighted by molar-refractivity contribution is 6.13. The van der Waals surface area contributed by atoms with Crippen molar-refractivity contribution in [2.45, 2.75) is 6.92 Å². The van der Waals surface area contributed by atoms with E-state index in [4.69, 9.17) is 16.9 Å². The maximum absolute atomic E-state index is 8.48. The van der Waals surface area contributed by atoms with Gasteiger partial charge in [0.2, 0.25) is 0 Å². The number of aromatic amines is 1. The van der Waals surface area contributed by atoms with E-state index in [2.05, 4.69) is 9.97 Å². The number of hydrogen-bond donors (Lipinski definition) is 4. The number of nitrogens with one attached hydrogen (secondary N) is 2. The van der Waals surface area contributed by atoms with Crippen LogP contribution in [-0.4, -0.2) is 15.7 Å². The summed E-state index contributed by atoms with van der Waals surface area (Å²) in [5, 5.41) is 8.48. The number of nitrogens with two attached hydrogens (primary N) is 2. The molecule has 2 heterocycles. The van der Waals surface area contributed by atoms with Crippen LogP contribution in [0, 0.1) is 5.41 Å². The molecule has 0 aliphatic rings. The highest BCUT2D eigenvalue weighted by atomic mass is 14.7. The first-order valence-corrected chi connectivity index (χ1v) is 7.59. The van der Waals surface area contributed by atoms with Crippen LogP contribution in [0.3, 0.4) is 0 Å². The Morgan fingerprint density at radius 3 is 2.71 bits per heavy atom. The molecule has 0 spiro atoms. The van der Waals surface area contributed by atoms with Crippen LogP contribution >= 0.6 is 0 Å². The fourth-order valence-corrected chi connectivity index (χ4v) is 2.56. The van der Waals surface area contributed by atoms with Crippen molar-refractivity contribution in [1.82, 2.24) is 9.97 Å². The van der Waals surface area contributed by atoms with E-state index in [-0.39, 0.29) is 0 Å². The zero-order valence-corrected chi connectivity index (χ0v) is 13.4. The molecule has 0 fully saturated rings. The highest BCUT2D eigenvalue weighted by Crippen LogP contribution is 2.26. The number of allylic oxidation sites excluding steroid dienone is 1. The minimum absolute atomic E-state index is 0.349. The predicted octanol–water partition coefficient (Wildman–Crippen LogP) is 3.69. The molecular formula is C19H19N5. The number of nitrogens with zero attached hydrogens (tertiary/aromatic N) is 1. The van der Waals surface area contributed by atoms with Gasteiger partial charge in [-0.1, -0.05) is 18.2 Å². The van der Waals surface area contributed by atoms with Gasteiger partial charge in [0.05, 0.1) is 17.1 Å². The van der Waals surface area contributed by atoms with Crippen LogP contribution in [0.4, 0.5) is 11.4 Å².